The van der Waals surface area contributed by atoms with Gasteiger partial charge in [-0.2, -0.15) is 0 Å². The number of carboxylic acids is 1. The average Bonchev–Trinajstić information content (AvgIpc) is 2.94. The highest BCUT2D eigenvalue weighted by Gasteiger charge is 2.23. The van der Waals surface area contributed by atoms with Gasteiger partial charge in [0.2, 0.25) is 0 Å². The van der Waals surface area contributed by atoms with Crippen LogP contribution in [0.4, 0.5) is 0 Å². The van der Waals surface area contributed by atoms with Gasteiger partial charge in [-0.3, -0.25) is 14.2 Å². The summed E-state index contributed by atoms with van der Waals surface area (Å²) < 4.78 is 26.1. The zero-order valence-corrected chi connectivity index (χ0v) is 23.3. The molecule has 0 fully saturated rings. The van der Waals surface area contributed by atoms with Crippen LogP contribution in [-0.2, 0) is 13.6 Å². The first-order valence-electron chi connectivity index (χ1n) is 12.8. The van der Waals surface area contributed by atoms with E-state index in [1.807, 2.05) is 6.92 Å². The van der Waals surface area contributed by atoms with Crippen molar-refractivity contribution in [3.8, 4) is 28.2 Å². The van der Waals surface area contributed by atoms with Crippen LogP contribution in [0.2, 0.25) is 0 Å². The standard InChI is InChI=1S/C29H30NO10P/c1-17(16-39-41(36,37)38-2)5-3-4-12-30-28(33)18-6-9-21(24(13-18)29(34)35)27-22-10-7-19(31)14-25(22)40-26-15-20(32)8-11-23(26)27/h6-11,13-15,17,31H,3-5,12,16H2,1-2H3,(H,30,33)(H,34,35)(H,36,37)/p-2. The lowest BCUT2D eigenvalue weighted by Gasteiger charge is -2.22. The Morgan fingerprint density at radius 1 is 1.07 bits per heavy atom. The Kier molecular flexibility index (Phi) is 9.25. The third kappa shape index (κ3) is 7.20. The summed E-state index contributed by atoms with van der Waals surface area (Å²) in [4.78, 5) is 48.4. The maximum absolute atomic E-state index is 12.8. The third-order valence-corrected chi connectivity index (χ3v) is 7.51. The van der Waals surface area contributed by atoms with Crippen molar-refractivity contribution in [1.29, 1.82) is 0 Å². The van der Waals surface area contributed by atoms with E-state index in [4.69, 9.17) is 8.94 Å². The first kappa shape index (κ1) is 30.0. The highest BCUT2D eigenvalue weighted by Crippen LogP contribution is 2.42. The minimum atomic E-state index is -4.26. The summed E-state index contributed by atoms with van der Waals surface area (Å²) >= 11 is 0. The fraction of sp³-hybridized carbons (Fsp3) is 0.276. The summed E-state index contributed by atoms with van der Waals surface area (Å²) in [5.41, 5.74) is 1.14. The number of carbonyl (C=O) groups is 2. The van der Waals surface area contributed by atoms with E-state index in [2.05, 4.69) is 9.84 Å². The lowest BCUT2D eigenvalue weighted by Crippen LogP contribution is -2.25. The number of phosphoric acid groups is 1. The Hall–Kier alpha value is -4.02. The number of carboxylic acid groups (broad SMARTS) is 1. The topological polar surface area (TPSA) is 178 Å². The summed E-state index contributed by atoms with van der Waals surface area (Å²) in [6.45, 7) is 2.18. The van der Waals surface area contributed by atoms with E-state index in [9.17, 15) is 34.1 Å². The van der Waals surface area contributed by atoms with Gasteiger partial charge in [0.15, 0.2) is 5.43 Å². The molecule has 0 saturated carbocycles. The molecule has 41 heavy (non-hydrogen) atoms. The first-order chi connectivity index (χ1) is 19.5. The van der Waals surface area contributed by atoms with Crippen LogP contribution in [0.15, 0.2) is 63.8 Å². The zero-order chi connectivity index (χ0) is 29.7. The SMILES string of the molecule is COP(=O)([O-])OCC(C)CCCCNC(=O)c1ccc(-c2c3ccc(=O)cc-3oc3cc([O-])ccc23)c(C(=O)O)c1. The maximum atomic E-state index is 12.8. The monoisotopic (exact) mass is 581 g/mol. The van der Waals surface area contributed by atoms with E-state index in [1.54, 1.807) is 0 Å². The molecule has 12 heteroatoms. The molecule has 4 rings (SSSR count). The molecule has 2 N–H and O–H groups in total. The fourth-order valence-corrected chi connectivity index (χ4v) is 5.04. The van der Waals surface area contributed by atoms with Gasteiger partial charge >= 0.3 is 5.97 Å². The van der Waals surface area contributed by atoms with Crippen LogP contribution in [-0.4, -0.2) is 37.2 Å². The van der Waals surface area contributed by atoms with Crippen molar-refractivity contribution in [1.82, 2.24) is 5.32 Å². The van der Waals surface area contributed by atoms with Gasteiger partial charge in [-0.15, -0.1) is 5.75 Å². The number of hydrogen-bond donors (Lipinski definition) is 2. The summed E-state index contributed by atoms with van der Waals surface area (Å²) in [7, 11) is -3.23. The van der Waals surface area contributed by atoms with Gasteiger partial charge in [-0.1, -0.05) is 31.5 Å². The molecule has 1 amide bonds. The number of nitrogens with one attached hydrogen (secondary N) is 1. The minimum Gasteiger partial charge on any atom is -0.872 e. The summed E-state index contributed by atoms with van der Waals surface area (Å²) in [6, 6.07) is 12.6. The molecule has 2 unspecified atom stereocenters. The van der Waals surface area contributed by atoms with Crippen LogP contribution in [0.3, 0.4) is 0 Å². The number of aromatic carboxylic acids is 1. The molecular weight excluding hydrogens is 553 g/mol. The van der Waals surface area contributed by atoms with Crippen LogP contribution in [0.25, 0.3) is 33.4 Å². The number of hydrogen-bond acceptors (Lipinski definition) is 9. The van der Waals surface area contributed by atoms with Crippen molar-refractivity contribution < 1.29 is 42.7 Å². The maximum Gasteiger partial charge on any atom is 0.336 e. The van der Waals surface area contributed by atoms with Crippen molar-refractivity contribution >= 4 is 30.7 Å². The van der Waals surface area contributed by atoms with Crippen molar-refractivity contribution in [2.24, 2.45) is 5.92 Å². The number of fused-ring (bicyclic) bond motifs is 2. The van der Waals surface area contributed by atoms with Crippen molar-refractivity contribution in [2.45, 2.75) is 26.2 Å². The number of carbonyl (C=O) groups excluding carboxylic acids is 1. The number of amides is 1. The van der Waals surface area contributed by atoms with Gasteiger partial charge in [0, 0.05) is 41.8 Å². The predicted molar refractivity (Wildman–Crippen MR) is 147 cm³/mol. The summed E-state index contributed by atoms with van der Waals surface area (Å²) in [5, 5.41) is 25.3. The smallest absolute Gasteiger partial charge is 0.336 e. The Morgan fingerprint density at radius 2 is 1.83 bits per heavy atom. The predicted octanol–water partition coefficient (Wildman–Crippen LogP) is 4.00. The molecule has 2 atom stereocenters. The number of unbranched alkanes of at least 4 members (excludes halogenated alkanes) is 1. The molecule has 0 saturated heterocycles. The Labute approximate surface area is 235 Å². The van der Waals surface area contributed by atoms with Crippen LogP contribution >= 0.6 is 7.82 Å². The van der Waals surface area contributed by atoms with E-state index in [0.717, 1.165) is 7.11 Å². The molecule has 0 aromatic heterocycles. The molecule has 216 valence electrons. The number of phosphoric ester groups is 1. The molecule has 2 aromatic rings. The second-order valence-corrected chi connectivity index (χ2v) is 11.2. The summed E-state index contributed by atoms with van der Waals surface area (Å²) in [5.74, 6) is -1.85. The van der Waals surface area contributed by atoms with Crippen LogP contribution in [0.5, 0.6) is 5.75 Å². The molecule has 0 radical (unpaired) electrons. The van der Waals surface area contributed by atoms with Gasteiger partial charge in [0.05, 0.1) is 12.2 Å². The van der Waals surface area contributed by atoms with Crippen LogP contribution < -0.4 is 20.7 Å². The Morgan fingerprint density at radius 3 is 2.56 bits per heavy atom. The van der Waals surface area contributed by atoms with Gasteiger partial charge in [-0.05, 0) is 54.7 Å². The Bertz CT molecular complexity index is 1660. The second-order valence-electron chi connectivity index (χ2n) is 9.64. The van der Waals surface area contributed by atoms with Crippen LogP contribution in [0, 0.1) is 5.92 Å². The Balaban J connectivity index is 1.52. The van der Waals surface area contributed by atoms with Crippen molar-refractivity contribution in [3.63, 3.8) is 0 Å². The first-order valence-corrected chi connectivity index (χ1v) is 14.3. The van der Waals surface area contributed by atoms with Gasteiger partial charge in [0.1, 0.15) is 11.3 Å². The molecule has 1 heterocycles. The quantitative estimate of drug-likeness (QED) is 0.141. The summed E-state index contributed by atoms with van der Waals surface area (Å²) in [6.07, 6.45) is 1.99. The fourth-order valence-electron chi connectivity index (χ4n) is 4.50. The van der Waals surface area contributed by atoms with Crippen molar-refractivity contribution in [2.75, 3.05) is 20.3 Å². The highest BCUT2D eigenvalue weighted by molar-refractivity contribution is 7.45. The zero-order valence-electron chi connectivity index (χ0n) is 22.4. The van der Waals surface area contributed by atoms with Crippen molar-refractivity contribution in [3.05, 3.63) is 75.9 Å². The molecule has 11 nitrogen and oxygen atoms in total. The number of benzene rings is 3. The number of rotatable bonds is 12. The van der Waals surface area contributed by atoms with Crippen LogP contribution in [0.1, 0.15) is 46.9 Å². The molecule has 0 bridgehead atoms. The van der Waals surface area contributed by atoms with E-state index in [-0.39, 0.29) is 46.2 Å². The highest BCUT2D eigenvalue weighted by atomic mass is 31.2. The second kappa shape index (κ2) is 12.7. The molecule has 2 aromatic carbocycles. The molecule has 1 aliphatic heterocycles. The van der Waals surface area contributed by atoms with E-state index >= 15 is 0 Å². The third-order valence-electron chi connectivity index (χ3n) is 6.60. The average molecular weight is 582 g/mol. The lowest BCUT2D eigenvalue weighted by molar-refractivity contribution is -0.268. The molecular formula is C29H28NO10P-2. The normalized spacial score (nSPS) is 13.6. The minimum absolute atomic E-state index is 0.00146. The van der Waals surface area contributed by atoms with Gasteiger partial charge in [0.25, 0.3) is 13.7 Å². The molecule has 1 aliphatic carbocycles. The largest absolute Gasteiger partial charge is 0.872 e. The van der Waals surface area contributed by atoms with E-state index in [0.29, 0.717) is 47.9 Å². The van der Waals surface area contributed by atoms with Gasteiger partial charge < -0.3 is 33.9 Å². The molecule has 2 aliphatic rings. The lowest BCUT2D eigenvalue weighted by atomic mass is 9.90. The van der Waals surface area contributed by atoms with Gasteiger partial charge in [-0.25, -0.2) is 4.79 Å². The molecule has 0 spiro atoms. The van der Waals surface area contributed by atoms with E-state index < -0.39 is 19.7 Å². The van der Waals surface area contributed by atoms with E-state index in [1.165, 1.54) is 54.6 Å².